The predicted molar refractivity (Wildman–Crippen MR) is 112 cm³/mol. The molecule has 2 N–H and O–H groups in total. The van der Waals surface area contributed by atoms with Gasteiger partial charge in [-0.2, -0.15) is 0 Å². The summed E-state index contributed by atoms with van der Waals surface area (Å²) in [6, 6.07) is 2.65. The van der Waals surface area contributed by atoms with E-state index in [2.05, 4.69) is 15.6 Å². The molecule has 0 saturated carbocycles. The highest BCUT2D eigenvalue weighted by molar-refractivity contribution is 5.77. The van der Waals surface area contributed by atoms with E-state index in [1.165, 1.54) is 4.90 Å². The number of hydrogen-bond donors (Lipinski definition) is 2. The Hall–Kier alpha value is -3.02. The number of amides is 2. The van der Waals surface area contributed by atoms with Gasteiger partial charge in [-0.3, -0.25) is 4.79 Å². The maximum Gasteiger partial charge on any atom is 0.573 e. The largest absolute Gasteiger partial charge is 0.573 e. The minimum absolute atomic E-state index is 0.0132. The van der Waals surface area contributed by atoms with Crippen molar-refractivity contribution < 1.29 is 36.6 Å². The number of rotatable bonds is 6. The third-order valence-corrected chi connectivity index (χ3v) is 6.40. The fraction of sp³-hybridized carbons (Fsp3) is 0.545. The third-order valence-electron chi connectivity index (χ3n) is 6.40. The number of allylic oxidation sites excluding steroid dienone is 1. The van der Waals surface area contributed by atoms with Crippen LogP contribution in [0.25, 0.3) is 0 Å². The molecule has 4 rings (SSSR count). The lowest BCUT2D eigenvalue weighted by atomic mass is 9.72. The zero-order chi connectivity index (χ0) is 24.3. The van der Waals surface area contributed by atoms with Gasteiger partial charge in [0.05, 0.1) is 0 Å². The van der Waals surface area contributed by atoms with Gasteiger partial charge >= 0.3 is 12.5 Å². The van der Waals surface area contributed by atoms with Crippen LogP contribution in [0.4, 0.5) is 22.4 Å². The van der Waals surface area contributed by atoms with Gasteiger partial charge in [0.2, 0.25) is 5.91 Å². The number of alkyl halides is 3. The average Bonchev–Trinajstić information content (AvgIpc) is 3.28. The molecule has 1 aromatic carbocycles. The van der Waals surface area contributed by atoms with Crippen LogP contribution in [0.1, 0.15) is 31.2 Å². The Morgan fingerprint density at radius 1 is 1.12 bits per heavy atom. The third kappa shape index (κ3) is 5.91. The van der Waals surface area contributed by atoms with Crippen LogP contribution in [0.15, 0.2) is 30.0 Å². The van der Waals surface area contributed by atoms with Gasteiger partial charge in [-0.25, -0.2) is 14.6 Å². The van der Waals surface area contributed by atoms with Gasteiger partial charge in [-0.15, -0.1) is 13.2 Å². The average molecular weight is 486 g/mol. The van der Waals surface area contributed by atoms with Crippen molar-refractivity contribution in [3.05, 3.63) is 41.4 Å². The van der Waals surface area contributed by atoms with Crippen molar-refractivity contribution in [3.63, 3.8) is 0 Å². The molecule has 0 bridgehead atoms. The van der Waals surface area contributed by atoms with Gasteiger partial charge < -0.3 is 24.7 Å². The topological polar surface area (TPSA) is 83.1 Å². The molecule has 0 aromatic heterocycles. The van der Waals surface area contributed by atoms with Crippen LogP contribution in [-0.2, 0) is 16.1 Å². The highest BCUT2D eigenvalue weighted by Crippen LogP contribution is 2.41. The molecule has 186 valence electrons. The smallest absolute Gasteiger partial charge is 0.444 e. The normalized spacial score (nSPS) is 19.4. The summed E-state index contributed by atoms with van der Waals surface area (Å²) in [6.07, 6.45) is -0.906. The van der Waals surface area contributed by atoms with Gasteiger partial charge in [0.1, 0.15) is 18.2 Å². The number of carbonyl (C=O) groups excluding carboxylic acids is 2. The number of halogens is 4. The van der Waals surface area contributed by atoms with E-state index in [0.717, 1.165) is 37.2 Å². The van der Waals surface area contributed by atoms with Crippen molar-refractivity contribution in [2.75, 3.05) is 32.7 Å². The summed E-state index contributed by atoms with van der Waals surface area (Å²) in [5.74, 6) is -1.52. The first-order valence-electron chi connectivity index (χ1n) is 11.0. The number of hydrogen-bond acceptors (Lipinski definition) is 6. The lowest BCUT2D eigenvalue weighted by Crippen LogP contribution is -2.62. The fourth-order valence-corrected chi connectivity index (χ4v) is 4.45. The second-order valence-electron chi connectivity index (χ2n) is 8.83. The Morgan fingerprint density at radius 2 is 1.85 bits per heavy atom. The van der Waals surface area contributed by atoms with Crippen LogP contribution in [0.5, 0.6) is 5.75 Å². The summed E-state index contributed by atoms with van der Waals surface area (Å²) in [5.41, 5.74) is 6.98. The number of likely N-dealkylation sites (tertiary alicyclic amines) is 2. The molecule has 1 spiro atoms. The molecular weight excluding hydrogens is 460 g/mol. The standard InChI is InChI=1S/C22H26F4N4O4/c23-18-11-17(34-22(24,25)26)3-1-15(18)12-33-20(32)29-9-6-21(7-10-29)13-30(14-21)19(31)4-2-16-5-8-27-28-16/h1,3,5,11,27-28H,2,4,6-10,12-14H2. The fourth-order valence-electron chi connectivity index (χ4n) is 4.45. The second kappa shape index (κ2) is 9.69. The molecule has 2 amide bonds. The van der Waals surface area contributed by atoms with E-state index in [4.69, 9.17) is 4.74 Å². The van der Waals surface area contributed by atoms with Crippen LogP contribution in [-0.4, -0.2) is 60.9 Å². The van der Waals surface area contributed by atoms with Crippen molar-refractivity contribution in [2.45, 2.75) is 38.7 Å². The van der Waals surface area contributed by atoms with Crippen molar-refractivity contribution in [2.24, 2.45) is 5.41 Å². The quantitative estimate of drug-likeness (QED) is 0.602. The first-order chi connectivity index (χ1) is 16.1. The lowest BCUT2D eigenvalue weighted by Gasteiger charge is -2.53. The Labute approximate surface area is 193 Å². The van der Waals surface area contributed by atoms with E-state index in [1.54, 1.807) is 0 Å². The maximum absolute atomic E-state index is 14.0. The summed E-state index contributed by atoms with van der Waals surface area (Å²) >= 11 is 0. The minimum Gasteiger partial charge on any atom is -0.444 e. The van der Waals surface area contributed by atoms with E-state index in [0.29, 0.717) is 45.1 Å². The zero-order valence-electron chi connectivity index (χ0n) is 18.4. The Bertz CT molecular complexity index is 953. The molecule has 8 nitrogen and oxygen atoms in total. The second-order valence-corrected chi connectivity index (χ2v) is 8.83. The highest BCUT2D eigenvalue weighted by Gasteiger charge is 2.47. The van der Waals surface area contributed by atoms with E-state index in [9.17, 15) is 27.2 Å². The SMILES string of the molecule is O=C(CCC1=CCNN1)N1CC2(CCN(C(=O)OCc3ccc(OC(F)(F)F)cc3F)CC2)C1. The molecule has 0 unspecified atom stereocenters. The molecule has 12 heteroatoms. The predicted octanol–water partition coefficient (Wildman–Crippen LogP) is 3.06. The molecule has 0 radical (unpaired) electrons. The molecule has 3 aliphatic rings. The van der Waals surface area contributed by atoms with Crippen molar-refractivity contribution in [1.82, 2.24) is 20.7 Å². The molecule has 0 atom stereocenters. The molecule has 3 aliphatic heterocycles. The van der Waals surface area contributed by atoms with Crippen LogP contribution in [0, 0.1) is 11.2 Å². The Kier molecular flexibility index (Phi) is 6.87. The molecular formula is C22H26F4N4O4. The molecule has 2 saturated heterocycles. The van der Waals surface area contributed by atoms with Gasteiger partial charge in [-0.05, 0) is 37.5 Å². The Morgan fingerprint density at radius 3 is 2.47 bits per heavy atom. The number of ether oxygens (including phenoxy) is 2. The number of piperidine rings is 1. The van der Waals surface area contributed by atoms with Crippen LogP contribution in [0.2, 0.25) is 0 Å². The first-order valence-corrected chi connectivity index (χ1v) is 11.0. The molecule has 3 heterocycles. The van der Waals surface area contributed by atoms with E-state index >= 15 is 0 Å². The number of nitrogens with one attached hydrogen (secondary N) is 2. The van der Waals surface area contributed by atoms with Gasteiger partial charge in [0, 0.05) is 61.9 Å². The number of hydrazine groups is 1. The summed E-state index contributed by atoms with van der Waals surface area (Å²) < 4.78 is 59.5. The van der Waals surface area contributed by atoms with Gasteiger partial charge in [0.15, 0.2) is 0 Å². The molecule has 1 aromatic rings. The molecule has 2 fully saturated rings. The summed E-state index contributed by atoms with van der Waals surface area (Å²) in [6.45, 7) is 2.64. The molecule has 34 heavy (non-hydrogen) atoms. The number of nitrogens with zero attached hydrogens (tertiary/aromatic N) is 2. The van der Waals surface area contributed by atoms with Crippen molar-refractivity contribution in [1.29, 1.82) is 0 Å². The maximum atomic E-state index is 14.0. The molecule has 0 aliphatic carbocycles. The van der Waals surface area contributed by atoms with Gasteiger partial charge in [-0.1, -0.05) is 0 Å². The highest BCUT2D eigenvalue weighted by atomic mass is 19.4. The van der Waals surface area contributed by atoms with Crippen molar-refractivity contribution in [3.8, 4) is 5.75 Å². The van der Waals surface area contributed by atoms with E-state index < -0.39 is 30.6 Å². The monoisotopic (exact) mass is 486 g/mol. The van der Waals surface area contributed by atoms with Crippen LogP contribution >= 0.6 is 0 Å². The lowest BCUT2D eigenvalue weighted by molar-refractivity contribution is -0.274. The first kappa shape index (κ1) is 24.1. The van der Waals surface area contributed by atoms with Crippen molar-refractivity contribution >= 4 is 12.0 Å². The summed E-state index contributed by atoms with van der Waals surface area (Å²) in [4.78, 5) is 28.1. The number of carbonyl (C=O) groups is 2. The Balaban J connectivity index is 1.18. The zero-order valence-corrected chi connectivity index (χ0v) is 18.4. The number of benzene rings is 1. The summed E-state index contributed by atoms with van der Waals surface area (Å²) in [5, 5.41) is 0. The van der Waals surface area contributed by atoms with E-state index in [1.807, 2.05) is 11.0 Å². The summed E-state index contributed by atoms with van der Waals surface area (Å²) in [7, 11) is 0. The van der Waals surface area contributed by atoms with E-state index in [-0.39, 0.29) is 16.9 Å². The van der Waals surface area contributed by atoms with Crippen LogP contribution in [0.3, 0.4) is 0 Å². The van der Waals surface area contributed by atoms with Gasteiger partial charge in [0.25, 0.3) is 0 Å². The minimum atomic E-state index is -4.92. The van der Waals surface area contributed by atoms with Crippen LogP contribution < -0.4 is 15.6 Å².